The zero-order valence-corrected chi connectivity index (χ0v) is 17.4. The average Bonchev–Trinajstić information content (AvgIpc) is 2.61. The van der Waals surface area contributed by atoms with Crippen LogP contribution in [0.15, 0.2) is 47.4 Å². The number of benzene rings is 2. The van der Waals surface area contributed by atoms with E-state index in [-0.39, 0.29) is 38.8 Å². The van der Waals surface area contributed by atoms with Crippen molar-refractivity contribution in [1.29, 1.82) is 0 Å². The van der Waals surface area contributed by atoms with E-state index in [9.17, 15) is 18.0 Å². The Labute approximate surface area is 173 Å². The third-order valence-electron chi connectivity index (χ3n) is 3.32. The van der Waals surface area contributed by atoms with E-state index in [0.717, 1.165) is 0 Å². The Morgan fingerprint density at radius 1 is 1.11 bits per heavy atom. The molecule has 0 unspecified atom stereocenters. The summed E-state index contributed by atoms with van der Waals surface area (Å²) in [6.07, 6.45) is -0.291. The van der Waals surface area contributed by atoms with Crippen molar-refractivity contribution in [2.24, 2.45) is 0 Å². The number of nitrogens with one attached hydrogen (secondary N) is 2. The van der Waals surface area contributed by atoms with Crippen LogP contribution in [0.25, 0.3) is 0 Å². The van der Waals surface area contributed by atoms with Crippen molar-refractivity contribution in [1.82, 2.24) is 5.32 Å². The standard InChI is InChI=1S/C18H18Cl2N2O5S/c1-11(2)27-17(23)10-21-18(24)12-4-3-5-14(8-12)22-28(25,26)16-9-13(19)6-7-15(16)20/h3-9,11,22H,10H2,1-2H3,(H,21,24). The highest BCUT2D eigenvalue weighted by Crippen LogP contribution is 2.27. The second kappa shape index (κ2) is 9.27. The van der Waals surface area contributed by atoms with E-state index in [1.54, 1.807) is 13.8 Å². The second-order valence-corrected chi connectivity index (χ2v) is 8.48. The molecular weight excluding hydrogens is 427 g/mol. The van der Waals surface area contributed by atoms with Gasteiger partial charge in [-0.1, -0.05) is 29.3 Å². The number of anilines is 1. The van der Waals surface area contributed by atoms with Gasteiger partial charge in [0.2, 0.25) is 0 Å². The maximum absolute atomic E-state index is 12.6. The van der Waals surface area contributed by atoms with Crippen molar-refractivity contribution in [3.63, 3.8) is 0 Å². The molecule has 0 heterocycles. The molecule has 0 aliphatic carbocycles. The molecule has 2 aromatic rings. The van der Waals surface area contributed by atoms with Gasteiger partial charge < -0.3 is 10.1 Å². The highest BCUT2D eigenvalue weighted by Gasteiger charge is 2.19. The van der Waals surface area contributed by atoms with Gasteiger partial charge in [-0.3, -0.25) is 14.3 Å². The van der Waals surface area contributed by atoms with E-state index in [1.165, 1.54) is 42.5 Å². The number of ether oxygens (including phenoxy) is 1. The summed E-state index contributed by atoms with van der Waals surface area (Å²) in [5.74, 6) is -1.13. The Morgan fingerprint density at radius 2 is 1.82 bits per heavy atom. The van der Waals surface area contributed by atoms with Crippen molar-refractivity contribution in [3.8, 4) is 0 Å². The molecule has 0 atom stereocenters. The number of amides is 1. The quantitative estimate of drug-likeness (QED) is 0.636. The lowest BCUT2D eigenvalue weighted by atomic mass is 10.2. The smallest absolute Gasteiger partial charge is 0.325 e. The van der Waals surface area contributed by atoms with Crippen LogP contribution < -0.4 is 10.0 Å². The summed E-state index contributed by atoms with van der Waals surface area (Å²) in [6, 6.07) is 9.85. The zero-order valence-electron chi connectivity index (χ0n) is 15.0. The van der Waals surface area contributed by atoms with Gasteiger partial charge in [0.1, 0.15) is 11.4 Å². The maximum Gasteiger partial charge on any atom is 0.325 e. The third-order valence-corrected chi connectivity index (χ3v) is 5.42. The predicted molar refractivity (Wildman–Crippen MR) is 107 cm³/mol. The first-order valence-corrected chi connectivity index (χ1v) is 10.4. The highest BCUT2D eigenvalue weighted by molar-refractivity contribution is 7.92. The van der Waals surface area contributed by atoms with Crippen molar-refractivity contribution >= 4 is 50.8 Å². The van der Waals surface area contributed by atoms with E-state index in [1.807, 2.05) is 0 Å². The molecule has 0 aromatic heterocycles. The van der Waals surface area contributed by atoms with Crippen LogP contribution in [0.4, 0.5) is 5.69 Å². The first kappa shape index (κ1) is 22.0. The number of sulfonamides is 1. The van der Waals surface area contributed by atoms with Crippen LogP contribution in [0.5, 0.6) is 0 Å². The van der Waals surface area contributed by atoms with Crippen LogP contribution in [-0.4, -0.2) is 32.9 Å². The molecule has 0 fully saturated rings. The molecule has 0 saturated heterocycles. The Kier molecular flexibility index (Phi) is 7.29. The van der Waals surface area contributed by atoms with Gasteiger partial charge >= 0.3 is 5.97 Å². The van der Waals surface area contributed by atoms with Gasteiger partial charge in [0.05, 0.1) is 11.1 Å². The van der Waals surface area contributed by atoms with Gasteiger partial charge in [-0.15, -0.1) is 0 Å². The first-order valence-electron chi connectivity index (χ1n) is 8.14. The van der Waals surface area contributed by atoms with Gasteiger partial charge in [0, 0.05) is 16.3 Å². The van der Waals surface area contributed by atoms with Crippen molar-refractivity contribution < 1.29 is 22.7 Å². The maximum atomic E-state index is 12.6. The molecule has 2 rings (SSSR count). The molecule has 150 valence electrons. The third kappa shape index (κ3) is 6.12. The summed E-state index contributed by atoms with van der Waals surface area (Å²) in [7, 11) is -4.02. The van der Waals surface area contributed by atoms with Crippen LogP contribution in [0.1, 0.15) is 24.2 Å². The molecule has 2 N–H and O–H groups in total. The topological polar surface area (TPSA) is 102 Å². The van der Waals surface area contributed by atoms with Gasteiger partial charge in [0.15, 0.2) is 0 Å². The number of rotatable bonds is 7. The van der Waals surface area contributed by atoms with Crippen LogP contribution in [0.3, 0.4) is 0 Å². The fraction of sp³-hybridized carbons (Fsp3) is 0.222. The highest BCUT2D eigenvalue weighted by atomic mass is 35.5. The number of halogens is 2. The zero-order chi connectivity index (χ0) is 20.9. The fourth-order valence-corrected chi connectivity index (χ4v) is 3.99. The SMILES string of the molecule is CC(C)OC(=O)CNC(=O)c1cccc(NS(=O)(=O)c2cc(Cl)ccc2Cl)c1. The lowest BCUT2D eigenvalue weighted by molar-refractivity contribution is -0.146. The van der Waals surface area contributed by atoms with Gasteiger partial charge in [0.25, 0.3) is 15.9 Å². The Balaban J connectivity index is 2.13. The molecule has 0 spiro atoms. The van der Waals surface area contributed by atoms with Crippen molar-refractivity contribution in [2.45, 2.75) is 24.8 Å². The molecule has 0 aliphatic rings. The molecule has 1 amide bonds. The molecule has 2 aromatic carbocycles. The number of esters is 1. The van der Waals surface area contributed by atoms with Crippen LogP contribution in [0, 0.1) is 0 Å². The lowest BCUT2D eigenvalue weighted by Crippen LogP contribution is -2.31. The molecular formula is C18H18Cl2N2O5S. The summed E-state index contributed by atoms with van der Waals surface area (Å²) in [5, 5.41) is 2.64. The summed E-state index contributed by atoms with van der Waals surface area (Å²) >= 11 is 11.8. The van der Waals surface area contributed by atoms with Crippen LogP contribution in [0.2, 0.25) is 10.0 Å². The van der Waals surface area contributed by atoms with E-state index in [2.05, 4.69) is 10.0 Å². The van der Waals surface area contributed by atoms with Gasteiger partial charge in [-0.25, -0.2) is 8.42 Å². The monoisotopic (exact) mass is 444 g/mol. The minimum Gasteiger partial charge on any atom is -0.462 e. The largest absolute Gasteiger partial charge is 0.462 e. The number of carbonyl (C=O) groups excluding carboxylic acids is 2. The van der Waals surface area contributed by atoms with Crippen molar-refractivity contribution in [3.05, 3.63) is 58.1 Å². The van der Waals surface area contributed by atoms with Gasteiger partial charge in [-0.05, 0) is 50.2 Å². The fourth-order valence-electron chi connectivity index (χ4n) is 2.18. The molecule has 10 heteroatoms. The normalized spacial score (nSPS) is 11.2. The Bertz CT molecular complexity index is 993. The van der Waals surface area contributed by atoms with E-state index in [0.29, 0.717) is 0 Å². The lowest BCUT2D eigenvalue weighted by Gasteiger charge is -2.11. The summed E-state index contributed by atoms with van der Waals surface area (Å²) in [4.78, 5) is 23.5. The summed E-state index contributed by atoms with van der Waals surface area (Å²) in [5.41, 5.74) is 0.309. The summed E-state index contributed by atoms with van der Waals surface area (Å²) in [6.45, 7) is 3.09. The van der Waals surface area contributed by atoms with E-state index in [4.69, 9.17) is 27.9 Å². The minimum atomic E-state index is -4.02. The Morgan fingerprint density at radius 3 is 2.50 bits per heavy atom. The van der Waals surface area contributed by atoms with Gasteiger partial charge in [-0.2, -0.15) is 0 Å². The van der Waals surface area contributed by atoms with E-state index < -0.39 is 21.9 Å². The second-order valence-electron chi connectivity index (χ2n) is 5.98. The number of carbonyl (C=O) groups is 2. The average molecular weight is 445 g/mol. The molecule has 0 saturated carbocycles. The number of hydrogen-bond acceptors (Lipinski definition) is 5. The number of hydrogen-bond donors (Lipinski definition) is 2. The van der Waals surface area contributed by atoms with Crippen LogP contribution >= 0.6 is 23.2 Å². The van der Waals surface area contributed by atoms with Crippen LogP contribution in [-0.2, 0) is 19.6 Å². The predicted octanol–water partition coefficient (Wildman–Crippen LogP) is 3.48. The molecule has 28 heavy (non-hydrogen) atoms. The first-order chi connectivity index (χ1) is 13.1. The minimum absolute atomic E-state index is 0.00876. The Hall–Kier alpha value is -2.29. The molecule has 0 aliphatic heterocycles. The summed E-state index contributed by atoms with van der Waals surface area (Å²) < 4.78 is 32.4. The van der Waals surface area contributed by atoms with E-state index >= 15 is 0 Å². The molecule has 0 radical (unpaired) electrons. The molecule has 7 nitrogen and oxygen atoms in total. The molecule has 0 bridgehead atoms. The van der Waals surface area contributed by atoms with Crippen molar-refractivity contribution in [2.75, 3.05) is 11.3 Å².